The Kier molecular flexibility index (Phi) is 2.91. The van der Waals surface area contributed by atoms with Crippen molar-refractivity contribution in [2.24, 2.45) is 4.99 Å². The summed E-state index contributed by atoms with van der Waals surface area (Å²) in [5.74, 6) is 0.984. The standard InChI is InChI=1S/C10H20N4/c1-8-6-11-10(13-8)12-7-9-4-3-5-14(9)2/h8-9H,3-7H2,1-2H3,(H2,11,12,13). The van der Waals surface area contributed by atoms with Crippen molar-refractivity contribution in [2.45, 2.75) is 31.8 Å². The first-order valence-corrected chi connectivity index (χ1v) is 5.51. The second-order valence-corrected chi connectivity index (χ2v) is 4.39. The first kappa shape index (κ1) is 9.77. The van der Waals surface area contributed by atoms with Crippen molar-refractivity contribution < 1.29 is 0 Å². The van der Waals surface area contributed by atoms with Crippen LogP contribution in [0.15, 0.2) is 4.99 Å². The number of likely N-dealkylation sites (N-methyl/N-ethyl adjacent to an activating group) is 1. The van der Waals surface area contributed by atoms with Crippen LogP contribution in [0, 0.1) is 0 Å². The molecule has 2 aliphatic rings. The monoisotopic (exact) mass is 196 g/mol. The highest BCUT2D eigenvalue weighted by Gasteiger charge is 2.21. The molecule has 0 aromatic rings. The Bertz CT molecular complexity index is 226. The SMILES string of the molecule is CC1CN=C(NCC2CCCN2C)N1. The quantitative estimate of drug-likeness (QED) is 0.654. The van der Waals surface area contributed by atoms with Crippen LogP contribution >= 0.6 is 0 Å². The largest absolute Gasteiger partial charge is 0.355 e. The maximum absolute atomic E-state index is 4.38. The minimum Gasteiger partial charge on any atom is -0.355 e. The zero-order valence-electron chi connectivity index (χ0n) is 9.08. The fraction of sp³-hybridized carbons (Fsp3) is 0.900. The fourth-order valence-electron chi connectivity index (χ4n) is 2.11. The van der Waals surface area contributed by atoms with E-state index in [0.717, 1.165) is 19.0 Å². The molecule has 0 aromatic heterocycles. The molecule has 2 N–H and O–H groups in total. The van der Waals surface area contributed by atoms with Crippen LogP contribution in [0.4, 0.5) is 0 Å². The van der Waals surface area contributed by atoms with Crippen molar-refractivity contribution in [1.29, 1.82) is 0 Å². The summed E-state index contributed by atoms with van der Waals surface area (Å²) in [7, 11) is 2.20. The molecule has 2 atom stereocenters. The molecule has 0 amide bonds. The molecule has 2 aliphatic heterocycles. The summed E-state index contributed by atoms with van der Waals surface area (Å²) in [4.78, 5) is 6.80. The Balaban J connectivity index is 1.72. The van der Waals surface area contributed by atoms with Crippen LogP contribution in [0.5, 0.6) is 0 Å². The number of hydrogen-bond acceptors (Lipinski definition) is 4. The smallest absolute Gasteiger partial charge is 0.191 e. The first-order chi connectivity index (χ1) is 6.75. The van der Waals surface area contributed by atoms with E-state index in [1.165, 1.54) is 19.4 Å². The summed E-state index contributed by atoms with van der Waals surface area (Å²) >= 11 is 0. The Morgan fingerprint density at radius 2 is 2.50 bits per heavy atom. The summed E-state index contributed by atoms with van der Waals surface area (Å²) in [5, 5.41) is 6.69. The molecule has 0 spiro atoms. The van der Waals surface area contributed by atoms with Gasteiger partial charge in [0.1, 0.15) is 0 Å². The van der Waals surface area contributed by atoms with E-state index in [-0.39, 0.29) is 0 Å². The van der Waals surface area contributed by atoms with Crippen molar-refractivity contribution in [3.8, 4) is 0 Å². The van der Waals surface area contributed by atoms with Gasteiger partial charge in [0.25, 0.3) is 0 Å². The zero-order chi connectivity index (χ0) is 9.97. The number of aliphatic imine (C=N–C) groups is 1. The molecule has 2 rings (SSSR count). The number of nitrogens with one attached hydrogen (secondary N) is 2. The van der Waals surface area contributed by atoms with E-state index < -0.39 is 0 Å². The Hall–Kier alpha value is -0.770. The van der Waals surface area contributed by atoms with Crippen LogP contribution in [0.3, 0.4) is 0 Å². The highest BCUT2D eigenvalue weighted by atomic mass is 15.3. The molecular formula is C10H20N4. The minimum atomic E-state index is 0.499. The van der Waals surface area contributed by atoms with E-state index in [2.05, 4.69) is 34.5 Å². The van der Waals surface area contributed by atoms with Gasteiger partial charge in [0.15, 0.2) is 5.96 Å². The average Bonchev–Trinajstić information content (AvgIpc) is 2.72. The van der Waals surface area contributed by atoms with Gasteiger partial charge in [-0.1, -0.05) is 0 Å². The molecule has 0 aliphatic carbocycles. The summed E-state index contributed by atoms with van der Waals surface area (Å²) in [6.07, 6.45) is 2.64. The molecule has 2 unspecified atom stereocenters. The topological polar surface area (TPSA) is 39.7 Å². The molecule has 80 valence electrons. The fourth-order valence-corrected chi connectivity index (χ4v) is 2.11. The number of guanidine groups is 1. The van der Waals surface area contributed by atoms with Crippen molar-refractivity contribution in [3.63, 3.8) is 0 Å². The molecule has 4 heteroatoms. The van der Waals surface area contributed by atoms with Gasteiger partial charge in [-0.25, -0.2) is 0 Å². The van der Waals surface area contributed by atoms with Crippen LogP contribution in [0.2, 0.25) is 0 Å². The van der Waals surface area contributed by atoms with Gasteiger partial charge in [0.05, 0.1) is 6.54 Å². The van der Waals surface area contributed by atoms with E-state index in [1.807, 2.05) is 0 Å². The Labute approximate surface area is 85.8 Å². The van der Waals surface area contributed by atoms with Crippen LogP contribution in [-0.2, 0) is 0 Å². The predicted molar refractivity (Wildman–Crippen MR) is 58.6 cm³/mol. The maximum Gasteiger partial charge on any atom is 0.191 e. The van der Waals surface area contributed by atoms with Crippen molar-refractivity contribution in [2.75, 3.05) is 26.7 Å². The lowest BCUT2D eigenvalue weighted by atomic mass is 10.2. The second kappa shape index (κ2) is 4.17. The maximum atomic E-state index is 4.38. The summed E-state index contributed by atoms with van der Waals surface area (Å²) in [6.45, 7) is 5.32. The Morgan fingerprint density at radius 3 is 3.07 bits per heavy atom. The predicted octanol–water partition coefficient (Wildman–Crippen LogP) is 0.0179. The highest BCUT2D eigenvalue weighted by molar-refractivity contribution is 5.81. The van der Waals surface area contributed by atoms with E-state index in [4.69, 9.17) is 0 Å². The minimum absolute atomic E-state index is 0.499. The summed E-state index contributed by atoms with van der Waals surface area (Å²) < 4.78 is 0. The lowest BCUT2D eigenvalue weighted by Crippen LogP contribution is -2.43. The number of likely N-dealkylation sites (tertiary alicyclic amines) is 1. The van der Waals surface area contributed by atoms with Crippen LogP contribution in [-0.4, -0.2) is 49.6 Å². The van der Waals surface area contributed by atoms with Gasteiger partial charge in [-0.2, -0.15) is 0 Å². The lowest BCUT2D eigenvalue weighted by Gasteiger charge is -2.20. The van der Waals surface area contributed by atoms with Crippen LogP contribution in [0.1, 0.15) is 19.8 Å². The molecule has 0 radical (unpaired) electrons. The van der Waals surface area contributed by atoms with E-state index >= 15 is 0 Å². The van der Waals surface area contributed by atoms with Crippen molar-refractivity contribution in [1.82, 2.24) is 15.5 Å². The van der Waals surface area contributed by atoms with Gasteiger partial charge in [0.2, 0.25) is 0 Å². The van der Waals surface area contributed by atoms with E-state index in [9.17, 15) is 0 Å². The van der Waals surface area contributed by atoms with E-state index in [0.29, 0.717) is 12.1 Å². The molecule has 1 fully saturated rings. The van der Waals surface area contributed by atoms with Gasteiger partial charge in [-0.15, -0.1) is 0 Å². The average molecular weight is 196 g/mol. The normalized spacial score (nSPS) is 32.9. The number of hydrogen-bond donors (Lipinski definition) is 2. The molecule has 2 heterocycles. The van der Waals surface area contributed by atoms with Gasteiger partial charge in [-0.3, -0.25) is 4.99 Å². The van der Waals surface area contributed by atoms with E-state index in [1.54, 1.807) is 0 Å². The highest BCUT2D eigenvalue weighted by Crippen LogP contribution is 2.13. The molecule has 0 saturated carbocycles. The first-order valence-electron chi connectivity index (χ1n) is 5.51. The summed E-state index contributed by atoms with van der Waals surface area (Å²) in [6, 6.07) is 1.19. The van der Waals surface area contributed by atoms with Gasteiger partial charge in [-0.05, 0) is 33.4 Å². The molecular weight excluding hydrogens is 176 g/mol. The molecule has 14 heavy (non-hydrogen) atoms. The van der Waals surface area contributed by atoms with Gasteiger partial charge in [0, 0.05) is 18.6 Å². The molecule has 4 nitrogen and oxygen atoms in total. The van der Waals surface area contributed by atoms with Crippen molar-refractivity contribution in [3.05, 3.63) is 0 Å². The van der Waals surface area contributed by atoms with Gasteiger partial charge < -0.3 is 15.5 Å². The third-order valence-corrected chi connectivity index (χ3v) is 3.08. The Morgan fingerprint density at radius 1 is 1.64 bits per heavy atom. The third-order valence-electron chi connectivity index (χ3n) is 3.08. The van der Waals surface area contributed by atoms with Crippen molar-refractivity contribution >= 4 is 5.96 Å². The summed E-state index contributed by atoms with van der Waals surface area (Å²) in [5.41, 5.74) is 0. The molecule has 0 aromatic carbocycles. The number of rotatable bonds is 2. The lowest BCUT2D eigenvalue weighted by molar-refractivity contribution is 0.309. The molecule has 0 bridgehead atoms. The van der Waals surface area contributed by atoms with Crippen LogP contribution in [0.25, 0.3) is 0 Å². The third kappa shape index (κ3) is 2.18. The van der Waals surface area contributed by atoms with Gasteiger partial charge >= 0.3 is 0 Å². The zero-order valence-corrected chi connectivity index (χ0v) is 9.08. The van der Waals surface area contributed by atoms with Crippen LogP contribution < -0.4 is 10.6 Å². The molecule has 1 saturated heterocycles. The second-order valence-electron chi connectivity index (χ2n) is 4.39. The number of nitrogens with zero attached hydrogens (tertiary/aromatic N) is 2.